The Morgan fingerprint density at radius 1 is 1.38 bits per heavy atom. The molecule has 0 aromatic carbocycles. The number of nitrogens with zero attached hydrogens (tertiary/aromatic N) is 3. The summed E-state index contributed by atoms with van der Waals surface area (Å²) in [4.78, 5) is 21.0. The topological polar surface area (TPSA) is 48.5 Å². The number of amides is 1. The van der Waals surface area contributed by atoms with Gasteiger partial charge in [0.05, 0.1) is 0 Å². The molecule has 1 aromatic heterocycles. The molecule has 116 valence electrons. The van der Waals surface area contributed by atoms with Crippen LogP contribution < -0.4 is 10.2 Å². The van der Waals surface area contributed by atoms with Gasteiger partial charge in [0.15, 0.2) is 5.13 Å². The molecule has 1 N–H and O–H groups in total. The number of piperidine rings is 1. The zero-order valence-corrected chi connectivity index (χ0v) is 13.3. The van der Waals surface area contributed by atoms with Crippen LogP contribution in [0.15, 0.2) is 11.6 Å². The summed E-state index contributed by atoms with van der Waals surface area (Å²) in [6.45, 7) is 5.71. The number of thiazole rings is 1. The molecule has 21 heavy (non-hydrogen) atoms. The van der Waals surface area contributed by atoms with Crippen molar-refractivity contribution < 1.29 is 4.79 Å². The van der Waals surface area contributed by atoms with Gasteiger partial charge in [0.25, 0.3) is 0 Å². The number of hydrogen-bond donors (Lipinski definition) is 1. The van der Waals surface area contributed by atoms with E-state index in [1.165, 1.54) is 12.8 Å². The van der Waals surface area contributed by atoms with E-state index in [1.807, 2.05) is 16.5 Å². The van der Waals surface area contributed by atoms with Gasteiger partial charge in [0.1, 0.15) is 0 Å². The highest BCUT2D eigenvalue weighted by atomic mass is 32.1. The van der Waals surface area contributed by atoms with Crippen molar-refractivity contribution in [2.24, 2.45) is 5.92 Å². The number of nitrogens with one attached hydrogen (secondary N) is 1. The van der Waals surface area contributed by atoms with Crippen molar-refractivity contribution in [3.8, 4) is 0 Å². The van der Waals surface area contributed by atoms with Crippen molar-refractivity contribution in [3.63, 3.8) is 0 Å². The van der Waals surface area contributed by atoms with E-state index in [2.05, 4.69) is 15.2 Å². The van der Waals surface area contributed by atoms with Crippen LogP contribution in [0.25, 0.3) is 0 Å². The molecule has 3 heterocycles. The summed E-state index contributed by atoms with van der Waals surface area (Å²) in [6.07, 6.45) is 6.13. The molecule has 2 aliphatic heterocycles. The van der Waals surface area contributed by atoms with Gasteiger partial charge in [-0.2, -0.15) is 0 Å². The fraction of sp³-hybridized carbons (Fsp3) is 0.733. The first-order valence-corrected chi connectivity index (χ1v) is 8.84. The number of hydrogen-bond acceptors (Lipinski definition) is 5. The Morgan fingerprint density at radius 3 is 2.90 bits per heavy atom. The van der Waals surface area contributed by atoms with E-state index < -0.39 is 0 Å². The quantitative estimate of drug-likeness (QED) is 0.917. The monoisotopic (exact) mass is 308 g/mol. The van der Waals surface area contributed by atoms with Crippen LogP contribution in [0.3, 0.4) is 0 Å². The molecule has 0 bridgehead atoms. The number of carbonyl (C=O) groups excluding carboxylic acids is 1. The third kappa shape index (κ3) is 3.95. The van der Waals surface area contributed by atoms with Gasteiger partial charge in [-0.25, -0.2) is 4.98 Å². The zero-order valence-electron chi connectivity index (χ0n) is 12.5. The summed E-state index contributed by atoms with van der Waals surface area (Å²) >= 11 is 1.67. The molecule has 1 amide bonds. The second-order valence-corrected chi connectivity index (χ2v) is 6.81. The van der Waals surface area contributed by atoms with E-state index in [0.717, 1.165) is 50.8 Å². The third-order valence-electron chi connectivity index (χ3n) is 4.49. The molecule has 2 aliphatic rings. The second kappa shape index (κ2) is 7.22. The van der Waals surface area contributed by atoms with Gasteiger partial charge in [0.2, 0.25) is 5.91 Å². The number of aromatic nitrogens is 1. The van der Waals surface area contributed by atoms with Gasteiger partial charge < -0.3 is 15.1 Å². The molecule has 1 atom stereocenters. The van der Waals surface area contributed by atoms with Gasteiger partial charge >= 0.3 is 0 Å². The molecular formula is C15H24N4OS. The normalized spacial score (nSPS) is 23.3. The maximum atomic E-state index is 12.3. The van der Waals surface area contributed by atoms with Crippen molar-refractivity contribution in [3.05, 3.63) is 11.6 Å². The first kappa shape index (κ1) is 14.8. The van der Waals surface area contributed by atoms with Gasteiger partial charge in [-0.15, -0.1) is 11.3 Å². The average Bonchev–Trinajstić information content (AvgIpc) is 3.08. The summed E-state index contributed by atoms with van der Waals surface area (Å²) in [5.41, 5.74) is 0. The summed E-state index contributed by atoms with van der Waals surface area (Å²) in [6, 6.07) is 0. The number of carbonyl (C=O) groups is 1. The molecule has 1 aromatic rings. The molecule has 6 heteroatoms. The summed E-state index contributed by atoms with van der Waals surface area (Å²) < 4.78 is 0. The smallest absolute Gasteiger partial charge is 0.222 e. The van der Waals surface area contributed by atoms with Crippen LogP contribution in [-0.2, 0) is 4.79 Å². The Bertz CT molecular complexity index is 437. The van der Waals surface area contributed by atoms with Gasteiger partial charge in [-0.1, -0.05) is 0 Å². The van der Waals surface area contributed by atoms with Crippen LogP contribution in [0.4, 0.5) is 5.13 Å². The fourth-order valence-corrected chi connectivity index (χ4v) is 3.87. The maximum absolute atomic E-state index is 12.3. The highest BCUT2D eigenvalue weighted by Crippen LogP contribution is 2.20. The minimum atomic E-state index is 0.333. The largest absolute Gasteiger partial charge is 0.345 e. The van der Waals surface area contributed by atoms with Crippen LogP contribution in [0.2, 0.25) is 0 Å². The van der Waals surface area contributed by atoms with E-state index in [-0.39, 0.29) is 0 Å². The molecule has 0 radical (unpaired) electrons. The predicted octanol–water partition coefficient (Wildman–Crippen LogP) is 1.57. The van der Waals surface area contributed by atoms with E-state index in [1.54, 1.807) is 11.3 Å². The van der Waals surface area contributed by atoms with Crippen LogP contribution in [0.5, 0.6) is 0 Å². The molecule has 0 saturated carbocycles. The Balaban J connectivity index is 1.40. The minimum Gasteiger partial charge on any atom is -0.345 e. The van der Waals surface area contributed by atoms with Gasteiger partial charge in [-0.05, 0) is 38.3 Å². The summed E-state index contributed by atoms with van der Waals surface area (Å²) in [7, 11) is 0. The molecule has 0 aliphatic carbocycles. The zero-order chi connectivity index (χ0) is 14.5. The molecule has 2 saturated heterocycles. The second-order valence-electron chi connectivity index (χ2n) is 5.93. The lowest BCUT2D eigenvalue weighted by molar-refractivity contribution is -0.131. The van der Waals surface area contributed by atoms with Crippen molar-refractivity contribution in [2.45, 2.75) is 25.7 Å². The maximum Gasteiger partial charge on any atom is 0.222 e. The lowest BCUT2D eigenvalue weighted by Gasteiger charge is -2.35. The number of rotatable bonds is 4. The van der Waals surface area contributed by atoms with Crippen LogP contribution in [0.1, 0.15) is 25.7 Å². The highest BCUT2D eigenvalue weighted by Gasteiger charge is 2.23. The predicted molar refractivity (Wildman–Crippen MR) is 85.7 cm³/mol. The SMILES string of the molecule is O=C(CCC1CCCNC1)N1CCN(c2nccs2)CC1. The lowest BCUT2D eigenvalue weighted by Crippen LogP contribution is -2.48. The lowest BCUT2D eigenvalue weighted by atomic mass is 9.94. The van der Waals surface area contributed by atoms with Crippen molar-refractivity contribution in [1.82, 2.24) is 15.2 Å². The van der Waals surface area contributed by atoms with E-state index in [9.17, 15) is 4.79 Å². The Kier molecular flexibility index (Phi) is 5.08. The molecule has 5 nitrogen and oxygen atoms in total. The third-order valence-corrected chi connectivity index (χ3v) is 5.32. The molecule has 1 unspecified atom stereocenters. The number of anilines is 1. The average molecular weight is 308 g/mol. The Morgan fingerprint density at radius 2 is 2.24 bits per heavy atom. The van der Waals surface area contributed by atoms with Crippen molar-refractivity contribution >= 4 is 22.4 Å². The van der Waals surface area contributed by atoms with Crippen LogP contribution >= 0.6 is 11.3 Å². The van der Waals surface area contributed by atoms with Gasteiger partial charge in [-0.3, -0.25) is 4.79 Å². The molecule has 2 fully saturated rings. The highest BCUT2D eigenvalue weighted by molar-refractivity contribution is 7.13. The van der Waals surface area contributed by atoms with Crippen LogP contribution in [-0.4, -0.2) is 55.1 Å². The van der Waals surface area contributed by atoms with Crippen LogP contribution in [0, 0.1) is 5.92 Å². The standard InChI is InChI=1S/C15H24N4OS/c20-14(4-3-13-2-1-5-16-12-13)18-7-9-19(10-8-18)15-17-6-11-21-15/h6,11,13,16H,1-5,7-10,12H2. The minimum absolute atomic E-state index is 0.333. The van der Waals surface area contributed by atoms with E-state index in [0.29, 0.717) is 18.2 Å². The van der Waals surface area contributed by atoms with E-state index in [4.69, 9.17) is 0 Å². The fourth-order valence-electron chi connectivity index (χ4n) is 3.18. The molecule has 0 spiro atoms. The van der Waals surface area contributed by atoms with Crippen molar-refractivity contribution in [2.75, 3.05) is 44.2 Å². The number of piperazine rings is 1. The molecule has 3 rings (SSSR count). The van der Waals surface area contributed by atoms with Crippen molar-refractivity contribution in [1.29, 1.82) is 0 Å². The Hall–Kier alpha value is -1.14. The van der Waals surface area contributed by atoms with Gasteiger partial charge in [0, 0.05) is 44.2 Å². The first-order chi connectivity index (χ1) is 10.3. The first-order valence-electron chi connectivity index (χ1n) is 7.96. The van der Waals surface area contributed by atoms with E-state index >= 15 is 0 Å². The molecular weight excluding hydrogens is 284 g/mol. The summed E-state index contributed by atoms with van der Waals surface area (Å²) in [5.74, 6) is 1.03. The Labute approximate surface area is 130 Å². The summed E-state index contributed by atoms with van der Waals surface area (Å²) in [5, 5.41) is 6.51.